The first-order chi connectivity index (χ1) is 6.15. The lowest BCUT2D eigenvalue weighted by molar-refractivity contribution is 0.513. The quantitative estimate of drug-likeness (QED) is 0.612. The van der Waals surface area contributed by atoms with E-state index in [1.807, 2.05) is 22.6 Å². The molecule has 0 radical (unpaired) electrons. The Morgan fingerprint density at radius 3 is 3.08 bits per heavy atom. The van der Waals surface area contributed by atoms with Crippen LogP contribution in [0.5, 0.6) is 0 Å². The van der Waals surface area contributed by atoms with Crippen molar-refractivity contribution in [3.8, 4) is 0 Å². The van der Waals surface area contributed by atoms with E-state index in [9.17, 15) is 4.79 Å². The van der Waals surface area contributed by atoms with Crippen LogP contribution in [0, 0.1) is 9.49 Å². The van der Waals surface area contributed by atoms with Gasteiger partial charge in [0.1, 0.15) is 0 Å². The molecule has 0 aliphatic heterocycles. The van der Waals surface area contributed by atoms with E-state index in [1.165, 1.54) is 0 Å². The van der Waals surface area contributed by atoms with E-state index >= 15 is 0 Å². The molecule has 1 atom stereocenters. The van der Waals surface area contributed by atoms with Crippen molar-refractivity contribution in [3.05, 3.63) is 26.4 Å². The summed E-state index contributed by atoms with van der Waals surface area (Å²) >= 11 is 5.38. The lowest BCUT2D eigenvalue weighted by Crippen LogP contribution is -2.25. The van der Waals surface area contributed by atoms with Gasteiger partial charge < -0.3 is 0 Å². The molecule has 0 N–H and O–H groups in total. The summed E-state index contributed by atoms with van der Waals surface area (Å²) < 4.78 is 2.31. The van der Waals surface area contributed by atoms with Gasteiger partial charge in [-0.1, -0.05) is 22.9 Å². The average Bonchev–Trinajstić information content (AvgIpc) is 2.13. The standard InChI is InChI=1S/C8H10BrIN2O/c1-6(2-9)4-12-5-11-3-7(10)8(12)13/h3,5-6H,2,4H2,1H3. The molecular formula is C8H10BrIN2O. The molecule has 0 saturated heterocycles. The van der Waals surface area contributed by atoms with Crippen LogP contribution in [-0.2, 0) is 6.54 Å². The van der Waals surface area contributed by atoms with Gasteiger partial charge in [-0.05, 0) is 28.5 Å². The Balaban J connectivity index is 2.89. The molecule has 0 aliphatic carbocycles. The second-order valence-electron chi connectivity index (χ2n) is 2.96. The topological polar surface area (TPSA) is 34.9 Å². The fourth-order valence-corrected chi connectivity index (χ4v) is 1.61. The van der Waals surface area contributed by atoms with Crippen molar-refractivity contribution in [1.82, 2.24) is 9.55 Å². The van der Waals surface area contributed by atoms with Crippen molar-refractivity contribution >= 4 is 38.5 Å². The maximum absolute atomic E-state index is 11.5. The summed E-state index contributed by atoms with van der Waals surface area (Å²) in [4.78, 5) is 15.5. The minimum Gasteiger partial charge on any atom is -0.298 e. The van der Waals surface area contributed by atoms with Crippen LogP contribution in [0.4, 0.5) is 0 Å². The van der Waals surface area contributed by atoms with Crippen molar-refractivity contribution in [2.45, 2.75) is 13.5 Å². The number of hydrogen-bond donors (Lipinski definition) is 0. The summed E-state index contributed by atoms with van der Waals surface area (Å²) in [5, 5.41) is 0.894. The molecule has 0 spiro atoms. The van der Waals surface area contributed by atoms with E-state index in [0.717, 1.165) is 5.33 Å². The first-order valence-corrected chi connectivity index (χ1v) is 6.11. The molecule has 3 nitrogen and oxygen atoms in total. The van der Waals surface area contributed by atoms with Gasteiger partial charge in [-0.15, -0.1) is 0 Å². The minimum atomic E-state index is 0.0448. The van der Waals surface area contributed by atoms with Crippen molar-refractivity contribution < 1.29 is 0 Å². The van der Waals surface area contributed by atoms with Gasteiger partial charge in [0.05, 0.1) is 9.90 Å². The SMILES string of the molecule is CC(CBr)Cn1cncc(I)c1=O. The van der Waals surface area contributed by atoms with Crippen molar-refractivity contribution in [1.29, 1.82) is 0 Å². The zero-order valence-electron chi connectivity index (χ0n) is 7.20. The Morgan fingerprint density at radius 1 is 1.77 bits per heavy atom. The number of alkyl halides is 1. The monoisotopic (exact) mass is 356 g/mol. The number of halogens is 2. The highest BCUT2D eigenvalue weighted by atomic mass is 127. The zero-order chi connectivity index (χ0) is 9.84. The van der Waals surface area contributed by atoms with Gasteiger partial charge in [0.25, 0.3) is 5.56 Å². The second kappa shape index (κ2) is 5.09. The summed E-state index contributed by atoms with van der Waals surface area (Å²) in [5.74, 6) is 0.442. The first kappa shape index (κ1) is 11.2. The molecule has 0 amide bonds. The third-order valence-corrected chi connectivity index (χ3v) is 3.48. The summed E-state index contributed by atoms with van der Waals surface area (Å²) in [6.07, 6.45) is 3.17. The average molecular weight is 357 g/mol. The van der Waals surface area contributed by atoms with Gasteiger partial charge in [0.2, 0.25) is 0 Å². The lowest BCUT2D eigenvalue weighted by Gasteiger charge is -2.09. The first-order valence-electron chi connectivity index (χ1n) is 3.91. The van der Waals surface area contributed by atoms with Crippen molar-refractivity contribution in [2.75, 3.05) is 5.33 Å². The number of nitrogens with zero attached hydrogens (tertiary/aromatic N) is 2. The molecule has 0 fully saturated rings. The Bertz CT molecular complexity index is 339. The Labute approximate surface area is 98.8 Å². The smallest absolute Gasteiger partial charge is 0.266 e. The molecule has 1 aromatic rings. The fraction of sp³-hybridized carbons (Fsp3) is 0.500. The Hall–Kier alpha value is 0.0900. The Kier molecular flexibility index (Phi) is 4.37. The molecule has 5 heteroatoms. The maximum atomic E-state index is 11.5. The molecule has 0 aromatic carbocycles. The Morgan fingerprint density at radius 2 is 2.46 bits per heavy atom. The van der Waals surface area contributed by atoms with Gasteiger partial charge >= 0.3 is 0 Å². The summed E-state index contributed by atoms with van der Waals surface area (Å²) in [5.41, 5.74) is 0.0448. The molecule has 1 unspecified atom stereocenters. The van der Waals surface area contributed by atoms with Crippen LogP contribution >= 0.6 is 38.5 Å². The van der Waals surface area contributed by atoms with Crippen LogP contribution in [0.15, 0.2) is 17.3 Å². The highest BCUT2D eigenvalue weighted by Gasteiger charge is 2.04. The molecular weight excluding hydrogens is 347 g/mol. The molecule has 1 heterocycles. The van der Waals surface area contributed by atoms with Gasteiger partial charge in [0, 0.05) is 18.1 Å². The van der Waals surface area contributed by atoms with E-state index in [1.54, 1.807) is 17.1 Å². The van der Waals surface area contributed by atoms with Gasteiger partial charge in [-0.3, -0.25) is 9.36 Å². The van der Waals surface area contributed by atoms with Gasteiger partial charge in [-0.2, -0.15) is 0 Å². The molecule has 0 aliphatic rings. The number of hydrogen-bond acceptors (Lipinski definition) is 2. The van der Waals surface area contributed by atoms with Crippen LogP contribution < -0.4 is 5.56 Å². The van der Waals surface area contributed by atoms with E-state index in [4.69, 9.17) is 0 Å². The molecule has 13 heavy (non-hydrogen) atoms. The van der Waals surface area contributed by atoms with Crippen molar-refractivity contribution in [3.63, 3.8) is 0 Å². The predicted octanol–water partition coefficient (Wildman–Crippen LogP) is 1.88. The van der Waals surface area contributed by atoms with Crippen LogP contribution in [0.1, 0.15) is 6.92 Å². The number of rotatable bonds is 3. The minimum absolute atomic E-state index is 0.0448. The van der Waals surface area contributed by atoms with Crippen molar-refractivity contribution in [2.24, 2.45) is 5.92 Å². The summed E-state index contributed by atoms with van der Waals surface area (Å²) in [6, 6.07) is 0. The van der Waals surface area contributed by atoms with Crippen LogP contribution in [0.2, 0.25) is 0 Å². The highest BCUT2D eigenvalue weighted by molar-refractivity contribution is 14.1. The largest absolute Gasteiger partial charge is 0.298 e. The number of aromatic nitrogens is 2. The third-order valence-electron chi connectivity index (χ3n) is 1.63. The van der Waals surface area contributed by atoms with Crippen LogP contribution in [0.3, 0.4) is 0 Å². The normalized spacial score (nSPS) is 12.8. The van der Waals surface area contributed by atoms with Gasteiger partial charge in [-0.25, -0.2) is 4.98 Å². The molecule has 1 aromatic heterocycles. The predicted molar refractivity (Wildman–Crippen MR) is 64.2 cm³/mol. The van der Waals surface area contributed by atoms with Gasteiger partial charge in [0.15, 0.2) is 0 Å². The third kappa shape index (κ3) is 3.05. The summed E-state index contributed by atoms with van der Waals surface area (Å²) in [7, 11) is 0. The zero-order valence-corrected chi connectivity index (χ0v) is 10.9. The fourth-order valence-electron chi connectivity index (χ4n) is 0.939. The van der Waals surface area contributed by atoms with E-state index in [0.29, 0.717) is 16.0 Å². The maximum Gasteiger partial charge on any atom is 0.266 e. The molecule has 0 bridgehead atoms. The molecule has 1 rings (SSSR count). The van der Waals surface area contributed by atoms with E-state index in [-0.39, 0.29) is 5.56 Å². The summed E-state index contributed by atoms with van der Waals surface area (Å²) in [6.45, 7) is 2.80. The molecule has 72 valence electrons. The van der Waals surface area contributed by atoms with E-state index < -0.39 is 0 Å². The lowest BCUT2D eigenvalue weighted by atomic mass is 10.2. The van der Waals surface area contributed by atoms with E-state index in [2.05, 4.69) is 27.8 Å². The van der Waals surface area contributed by atoms with Crippen LogP contribution in [-0.4, -0.2) is 14.9 Å². The molecule has 0 saturated carbocycles. The van der Waals surface area contributed by atoms with Crippen LogP contribution in [0.25, 0.3) is 0 Å². The highest BCUT2D eigenvalue weighted by Crippen LogP contribution is 2.02. The second-order valence-corrected chi connectivity index (χ2v) is 4.77.